The van der Waals surface area contributed by atoms with Gasteiger partial charge >= 0.3 is 0 Å². The molecule has 12 rings (SSSR count). The molecule has 61 heavy (non-hydrogen) atoms. The van der Waals surface area contributed by atoms with Crippen molar-refractivity contribution >= 4 is 65.6 Å². The van der Waals surface area contributed by atoms with Crippen LogP contribution in [0.4, 0.5) is 0 Å². The van der Waals surface area contributed by atoms with E-state index >= 15 is 0 Å². The number of rotatable bonds is 5. The van der Waals surface area contributed by atoms with Gasteiger partial charge in [0.05, 0.1) is 44.8 Å². The van der Waals surface area contributed by atoms with Crippen molar-refractivity contribution in [2.45, 2.75) is 6.92 Å². The zero-order valence-electron chi connectivity index (χ0n) is 33.0. The lowest BCUT2D eigenvalue weighted by atomic mass is 9.96. The van der Waals surface area contributed by atoms with Crippen molar-refractivity contribution in [2.75, 3.05) is 0 Å². The summed E-state index contributed by atoms with van der Waals surface area (Å²) in [6, 6.07) is 61.8. The van der Waals surface area contributed by atoms with Gasteiger partial charge in [0.2, 0.25) is 0 Å². The standard InChI is InChI=1S/C55H34N4O2/c1-32-13-14-39(30-43(32)41-9-2-4-11-49(41)60)47-26-21-35-17-15-33-19-24-45(56-52(33)54(35)58-47)37-7-6-8-38(29-37)46-25-20-34-16-18-36-22-27-48(59-55(36)53(34)57-46)40-23-28-51-44(31-40)42-10-3-5-12-50(42)61-51/h2-31,60H,1H3. The molecule has 1 N–H and O–H groups in total. The van der Waals surface area contributed by atoms with Gasteiger partial charge in [-0.1, -0.05) is 115 Å². The van der Waals surface area contributed by atoms with Gasteiger partial charge in [0.1, 0.15) is 16.9 Å². The number of phenolic OH excluding ortho intramolecular Hbond substituents is 1. The molecular formula is C55H34N4O2. The fourth-order valence-corrected chi connectivity index (χ4v) is 8.67. The van der Waals surface area contributed by atoms with Gasteiger partial charge in [-0.3, -0.25) is 0 Å². The summed E-state index contributed by atoms with van der Waals surface area (Å²) >= 11 is 0. The van der Waals surface area contributed by atoms with E-state index in [1.807, 2.05) is 42.5 Å². The normalized spacial score (nSPS) is 11.8. The number of phenols is 1. The maximum Gasteiger partial charge on any atom is 0.135 e. The Bertz CT molecular complexity index is 3760. The van der Waals surface area contributed by atoms with Crippen molar-refractivity contribution in [3.63, 3.8) is 0 Å². The highest BCUT2D eigenvalue weighted by Crippen LogP contribution is 2.37. The fourth-order valence-electron chi connectivity index (χ4n) is 8.67. The summed E-state index contributed by atoms with van der Waals surface area (Å²) in [5.74, 6) is 0.256. The third-order valence-corrected chi connectivity index (χ3v) is 11.9. The summed E-state index contributed by atoms with van der Waals surface area (Å²) in [7, 11) is 0. The Labute approximate surface area is 350 Å². The second-order valence-electron chi connectivity index (χ2n) is 15.6. The Morgan fingerprint density at radius 2 is 0.820 bits per heavy atom. The van der Waals surface area contributed by atoms with Crippen LogP contribution < -0.4 is 0 Å². The first kappa shape index (κ1) is 34.8. The minimum atomic E-state index is 0.256. The molecule has 286 valence electrons. The molecule has 0 fully saturated rings. The van der Waals surface area contributed by atoms with Crippen LogP contribution in [-0.2, 0) is 0 Å². The predicted octanol–water partition coefficient (Wildman–Crippen LogP) is 14.1. The van der Waals surface area contributed by atoms with Crippen LogP contribution in [0.1, 0.15) is 5.56 Å². The van der Waals surface area contributed by atoms with E-state index in [9.17, 15) is 5.11 Å². The number of fused-ring (bicyclic) bond motifs is 9. The smallest absolute Gasteiger partial charge is 0.135 e. The van der Waals surface area contributed by atoms with Gasteiger partial charge in [0.15, 0.2) is 0 Å². The third-order valence-electron chi connectivity index (χ3n) is 11.9. The number of pyridine rings is 4. The summed E-state index contributed by atoms with van der Waals surface area (Å²) in [6.07, 6.45) is 0. The molecule has 6 heteroatoms. The lowest BCUT2D eigenvalue weighted by Crippen LogP contribution is -1.93. The minimum absolute atomic E-state index is 0.256. The topological polar surface area (TPSA) is 84.9 Å². The zero-order chi connectivity index (χ0) is 40.6. The van der Waals surface area contributed by atoms with Crippen LogP contribution in [0.2, 0.25) is 0 Å². The average molecular weight is 783 g/mol. The molecule has 0 saturated heterocycles. The molecule has 0 saturated carbocycles. The number of furan rings is 1. The molecule has 7 aromatic carbocycles. The second-order valence-corrected chi connectivity index (χ2v) is 15.6. The van der Waals surface area contributed by atoms with Gasteiger partial charge in [0, 0.05) is 60.1 Å². The predicted molar refractivity (Wildman–Crippen MR) is 249 cm³/mol. The SMILES string of the molecule is Cc1ccc(-c2ccc3ccc4ccc(-c5cccc(-c6ccc7ccc8ccc(-c9ccc%10oc%11ccccc%11c%10c9)nc8c7n6)c5)nc4c3n2)cc1-c1ccccc1O. The van der Waals surface area contributed by atoms with Crippen LogP contribution in [0, 0.1) is 6.92 Å². The number of hydrogen-bond donors (Lipinski definition) is 1. The van der Waals surface area contributed by atoms with Crippen molar-refractivity contribution < 1.29 is 9.52 Å². The van der Waals surface area contributed by atoms with Gasteiger partial charge in [-0.05, 0) is 84.8 Å². The molecule has 0 radical (unpaired) electrons. The van der Waals surface area contributed by atoms with Crippen molar-refractivity contribution in [1.82, 2.24) is 19.9 Å². The van der Waals surface area contributed by atoms with E-state index in [0.29, 0.717) is 0 Å². The second kappa shape index (κ2) is 13.7. The highest BCUT2D eigenvalue weighted by molar-refractivity contribution is 6.08. The van der Waals surface area contributed by atoms with Gasteiger partial charge in [-0.2, -0.15) is 0 Å². The van der Waals surface area contributed by atoms with Crippen molar-refractivity contribution in [3.8, 4) is 61.9 Å². The monoisotopic (exact) mass is 782 g/mol. The number of para-hydroxylation sites is 2. The number of nitrogens with zero attached hydrogens (tertiary/aromatic N) is 4. The van der Waals surface area contributed by atoms with Crippen LogP contribution in [0.3, 0.4) is 0 Å². The summed E-state index contributed by atoms with van der Waals surface area (Å²) < 4.78 is 6.10. The van der Waals surface area contributed by atoms with Crippen LogP contribution >= 0.6 is 0 Å². The molecule has 0 bridgehead atoms. The molecule has 0 atom stereocenters. The molecule has 6 nitrogen and oxygen atoms in total. The van der Waals surface area contributed by atoms with Crippen LogP contribution in [0.15, 0.2) is 186 Å². The van der Waals surface area contributed by atoms with Crippen LogP contribution in [-0.4, -0.2) is 25.0 Å². The minimum Gasteiger partial charge on any atom is -0.507 e. The van der Waals surface area contributed by atoms with E-state index < -0.39 is 0 Å². The van der Waals surface area contributed by atoms with E-state index in [-0.39, 0.29) is 5.75 Å². The Hall–Kier alpha value is -8.22. The van der Waals surface area contributed by atoms with Gasteiger partial charge < -0.3 is 9.52 Å². The van der Waals surface area contributed by atoms with Crippen LogP contribution in [0.25, 0.3) is 122 Å². The van der Waals surface area contributed by atoms with Gasteiger partial charge in [-0.25, -0.2) is 19.9 Å². The van der Waals surface area contributed by atoms with E-state index in [2.05, 4.69) is 140 Å². The van der Waals surface area contributed by atoms with Gasteiger partial charge in [0.25, 0.3) is 0 Å². The highest BCUT2D eigenvalue weighted by Gasteiger charge is 2.15. The molecule has 0 unspecified atom stereocenters. The van der Waals surface area contributed by atoms with E-state index in [1.165, 1.54) is 0 Å². The number of aromatic nitrogens is 4. The number of aryl methyl sites for hydroxylation is 1. The number of aromatic hydroxyl groups is 1. The number of hydrogen-bond acceptors (Lipinski definition) is 6. The molecule has 12 aromatic rings. The quantitative estimate of drug-likeness (QED) is 0.175. The summed E-state index contributed by atoms with van der Waals surface area (Å²) in [5, 5.41) is 16.9. The molecule has 0 spiro atoms. The average Bonchev–Trinajstić information content (AvgIpc) is 3.69. The molecule has 0 aliphatic carbocycles. The van der Waals surface area contributed by atoms with Crippen molar-refractivity contribution in [2.24, 2.45) is 0 Å². The first-order chi connectivity index (χ1) is 30.0. The molecular weight excluding hydrogens is 749 g/mol. The first-order valence-electron chi connectivity index (χ1n) is 20.3. The molecule has 0 aliphatic rings. The largest absolute Gasteiger partial charge is 0.507 e. The number of benzene rings is 7. The molecule has 0 amide bonds. The summed E-state index contributed by atoms with van der Waals surface area (Å²) in [6.45, 7) is 2.06. The summed E-state index contributed by atoms with van der Waals surface area (Å²) in [5.41, 5.74) is 15.4. The Kier molecular flexibility index (Phi) is 7.80. The Morgan fingerprint density at radius 1 is 0.361 bits per heavy atom. The maximum absolute atomic E-state index is 10.6. The van der Waals surface area contributed by atoms with Crippen molar-refractivity contribution in [3.05, 3.63) is 188 Å². The zero-order valence-corrected chi connectivity index (χ0v) is 33.0. The van der Waals surface area contributed by atoms with Gasteiger partial charge in [-0.15, -0.1) is 0 Å². The Balaban J connectivity index is 0.922. The lowest BCUT2D eigenvalue weighted by molar-refractivity contribution is 0.477. The van der Waals surface area contributed by atoms with E-state index in [4.69, 9.17) is 24.4 Å². The lowest BCUT2D eigenvalue weighted by Gasteiger charge is -2.12. The fraction of sp³-hybridized carbons (Fsp3) is 0.0182. The van der Waals surface area contributed by atoms with Crippen LogP contribution in [0.5, 0.6) is 5.75 Å². The maximum atomic E-state index is 10.6. The van der Waals surface area contributed by atoms with E-state index in [0.717, 1.165) is 127 Å². The molecule has 5 heterocycles. The van der Waals surface area contributed by atoms with Crippen molar-refractivity contribution in [1.29, 1.82) is 0 Å². The highest BCUT2D eigenvalue weighted by atomic mass is 16.3. The molecule has 0 aliphatic heterocycles. The Morgan fingerprint density at radius 3 is 1.39 bits per heavy atom. The first-order valence-corrected chi connectivity index (χ1v) is 20.3. The summed E-state index contributed by atoms with van der Waals surface area (Å²) in [4.78, 5) is 21.0. The third kappa shape index (κ3) is 5.88. The molecule has 5 aromatic heterocycles. The van der Waals surface area contributed by atoms with E-state index in [1.54, 1.807) is 6.07 Å².